The minimum Gasteiger partial charge on any atom is -0.508 e. The summed E-state index contributed by atoms with van der Waals surface area (Å²) in [6.45, 7) is 19.9. The molecular weight excluding hydrogens is 348 g/mol. The third-order valence-electron chi connectivity index (χ3n) is 3.19. The summed E-state index contributed by atoms with van der Waals surface area (Å²) in [6.07, 6.45) is 3.58. The fourth-order valence-corrected chi connectivity index (χ4v) is 1.68. The highest BCUT2D eigenvalue weighted by molar-refractivity contribution is 5.87. The van der Waals surface area contributed by atoms with Crippen molar-refractivity contribution >= 4 is 18.1 Å². The molecule has 150 valence electrons. The first-order chi connectivity index (χ1) is 13.0. The Morgan fingerprint density at radius 1 is 0.929 bits per heavy atom. The number of aromatic hydroxyl groups is 1. The summed E-state index contributed by atoms with van der Waals surface area (Å²) in [5, 5.41) is 8.82. The van der Waals surface area contributed by atoms with Gasteiger partial charge in [0.1, 0.15) is 11.4 Å². The van der Waals surface area contributed by atoms with E-state index in [4.69, 9.17) is 9.84 Å². The highest BCUT2D eigenvalue weighted by atomic mass is 16.6. The van der Waals surface area contributed by atoms with Crippen LogP contribution in [0.5, 0.6) is 5.75 Å². The molecule has 1 N–H and O–H groups in total. The minimum absolute atomic E-state index is 0.292. The number of ether oxygens (including phenoxy) is 1. The van der Waals surface area contributed by atoms with Crippen molar-refractivity contribution in [3.05, 3.63) is 90.5 Å². The normalized spacial score (nSPS) is 9.61. The Morgan fingerprint density at radius 2 is 1.32 bits per heavy atom. The molecule has 3 nitrogen and oxygen atoms in total. The van der Waals surface area contributed by atoms with Gasteiger partial charge in [0.05, 0.1) is 0 Å². The Kier molecular flexibility index (Phi) is 11.0. The smallest absolute Gasteiger partial charge is 0.333 e. The lowest BCUT2D eigenvalue weighted by Crippen LogP contribution is -2.23. The van der Waals surface area contributed by atoms with Crippen molar-refractivity contribution in [2.45, 2.75) is 40.2 Å². The first-order valence-corrected chi connectivity index (χ1v) is 8.98. The maximum absolute atomic E-state index is 10.8. The fraction of sp³-hybridized carbons (Fsp3) is 0.240. The van der Waals surface area contributed by atoms with Gasteiger partial charge < -0.3 is 9.84 Å². The molecule has 0 spiro atoms. The number of hydrogen-bond acceptors (Lipinski definition) is 3. The van der Waals surface area contributed by atoms with Crippen LogP contribution in [0.3, 0.4) is 0 Å². The number of esters is 1. The predicted octanol–water partition coefficient (Wildman–Crippen LogP) is 6.58. The molecule has 0 aliphatic heterocycles. The molecule has 2 aromatic carbocycles. The molecule has 0 atom stereocenters. The van der Waals surface area contributed by atoms with Crippen molar-refractivity contribution in [2.24, 2.45) is 0 Å². The van der Waals surface area contributed by atoms with Gasteiger partial charge in [-0.15, -0.1) is 0 Å². The second-order valence-electron chi connectivity index (χ2n) is 7.19. The molecule has 0 radical (unpaired) electrons. The maximum Gasteiger partial charge on any atom is 0.333 e. The minimum atomic E-state index is -0.407. The zero-order valence-corrected chi connectivity index (χ0v) is 17.7. The van der Waals surface area contributed by atoms with E-state index in [-0.39, 0.29) is 5.97 Å². The average Bonchev–Trinajstić information content (AvgIpc) is 2.63. The number of carbonyl (C=O) groups is 1. The predicted molar refractivity (Wildman–Crippen MR) is 120 cm³/mol. The number of benzene rings is 2. The number of phenolic OH excluding ortho intramolecular Hbond substituents is 1. The van der Waals surface area contributed by atoms with Crippen LogP contribution in [0.1, 0.15) is 44.4 Å². The van der Waals surface area contributed by atoms with E-state index >= 15 is 0 Å². The van der Waals surface area contributed by atoms with E-state index in [1.807, 2.05) is 39.0 Å². The SMILES string of the molecule is C=C(C)C(=O)OC(C)(C)C.C=Cc1ccc(C)cc1.C=Cc1ccc(O)cc1. The van der Waals surface area contributed by atoms with E-state index in [0.717, 1.165) is 5.56 Å². The quantitative estimate of drug-likeness (QED) is 0.483. The molecule has 0 saturated heterocycles. The summed E-state index contributed by atoms with van der Waals surface area (Å²) >= 11 is 0. The van der Waals surface area contributed by atoms with Gasteiger partial charge in [-0.25, -0.2) is 4.79 Å². The van der Waals surface area contributed by atoms with Gasteiger partial charge in [0, 0.05) is 5.57 Å². The molecule has 0 bridgehead atoms. The number of phenols is 1. The summed E-state index contributed by atoms with van der Waals surface area (Å²) < 4.78 is 4.96. The van der Waals surface area contributed by atoms with Crippen LogP contribution in [-0.2, 0) is 9.53 Å². The fourth-order valence-electron chi connectivity index (χ4n) is 1.68. The molecule has 2 aromatic rings. The zero-order valence-electron chi connectivity index (χ0n) is 17.7. The van der Waals surface area contributed by atoms with Crippen molar-refractivity contribution in [1.29, 1.82) is 0 Å². The van der Waals surface area contributed by atoms with Gasteiger partial charge in [0.2, 0.25) is 0 Å². The number of aryl methyl sites for hydroxylation is 1. The molecule has 0 aliphatic rings. The average molecular weight is 381 g/mol. The van der Waals surface area contributed by atoms with E-state index in [1.165, 1.54) is 11.1 Å². The van der Waals surface area contributed by atoms with E-state index in [9.17, 15) is 4.79 Å². The molecule has 0 fully saturated rings. The lowest BCUT2D eigenvalue weighted by Gasteiger charge is -2.19. The van der Waals surface area contributed by atoms with Crippen LogP contribution in [0, 0.1) is 6.92 Å². The van der Waals surface area contributed by atoms with Crippen LogP contribution in [0.2, 0.25) is 0 Å². The highest BCUT2D eigenvalue weighted by Crippen LogP contribution is 2.10. The van der Waals surface area contributed by atoms with E-state index < -0.39 is 5.60 Å². The zero-order chi connectivity index (χ0) is 21.7. The van der Waals surface area contributed by atoms with Gasteiger partial charge in [-0.05, 0) is 57.9 Å². The summed E-state index contributed by atoms with van der Waals surface area (Å²) in [5.41, 5.74) is 3.53. The van der Waals surface area contributed by atoms with Crippen molar-refractivity contribution in [3.63, 3.8) is 0 Å². The van der Waals surface area contributed by atoms with Gasteiger partial charge in [0.25, 0.3) is 0 Å². The largest absolute Gasteiger partial charge is 0.508 e. The van der Waals surface area contributed by atoms with Crippen molar-refractivity contribution in [3.8, 4) is 5.75 Å². The van der Waals surface area contributed by atoms with Crippen molar-refractivity contribution in [2.75, 3.05) is 0 Å². The Balaban J connectivity index is 0.000000391. The molecular formula is C25H32O3. The standard InChI is InChI=1S/C9H10.C8H14O2.C8H8O/c1-3-9-6-4-8(2)5-7-9;1-6(2)7(9)10-8(3,4)5;1-2-7-3-5-8(9)6-4-7/h3-7H,1H2,2H3;1H2,2-5H3;2-6,9H,1H2. The summed E-state index contributed by atoms with van der Waals surface area (Å²) in [6, 6.07) is 15.2. The third kappa shape index (κ3) is 12.3. The molecule has 2 rings (SSSR count). The van der Waals surface area contributed by atoms with Crippen LogP contribution in [0.25, 0.3) is 12.2 Å². The molecule has 3 heteroatoms. The summed E-state index contributed by atoms with van der Waals surface area (Å²) in [4.78, 5) is 10.8. The molecule has 0 aromatic heterocycles. The number of carbonyl (C=O) groups excluding carboxylic acids is 1. The molecule has 0 aliphatic carbocycles. The van der Waals surface area contributed by atoms with Gasteiger partial charge in [-0.1, -0.05) is 73.9 Å². The van der Waals surface area contributed by atoms with Crippen LogP contribution in [-0.4, -0.2) is 16.7 Å². The Labute approximate surface area is 169 Å². The lowest BCUT2D eigenvalue weighted by atomic mass is 10.2. The Hall–Kier alpha value is -3.07. The summed E-state index contributed by atoms with van der Waals surface area (Å²) in [7, 11) is 0. The van der Waals surface area contributed by atoms with Gasteiger partial charge in [-0.2, -0.15) is 0 Å². The Morgan fingerprint density at radius 3 is 1.61 bits per heavy atom. The van der Waals surface area contributed by atoms with Gasteiger partial charge >= 0.3 is 5.97 Å². The van der Waals surface area contributed by atoms with Crippen LogP contribution in [0.4, 0.5) is 0 Å². The first-order valence-electron chi connectivity index (χ1n) is 8.98. The Bertz CT molecular complexity index is 711. The highest BCUT2D eigenvalue weighted by Gasteiger charge is 2.15. The van der Waals surface area contributed by atoms with E-state index in [2.05, 4.69) is 50.9 Å². The lowest BCUT2D eigenvalue weighted by molar-refractivity contribution is -0.149. The first kappa shape index (κ1) is 24.9. The van der Waals surface area contributed by atoms with Crippen molar-refractivity contribution < 1.29 is 14.6 Å². The second kappa shape index (κ2) is 12.3. The van der Waals surface area contributed by atoms with Crippen molar-refractivity contribution in [1.82, 2.24) is 0 Å². The van der Waals surface area contributed by atoms with Gasteiger partial charge in [0.15, 0.2) is 0 Å². The molecule has 28 heavy (non-hydrogen) atoms. The van der Waals surface area contributed by atoms with Crippen LogP contribution in [0.15, 0.2) is 73.8 Å². The second-order valence-corrected chi connectivity index (χ2v) is 7.19. The maximum atomic E-state index is 10.8. The third-order valence-corrected chi connectivity index (χ3v) is 3.19. The van der Waals surface area contributed by atoms with E-state index in [1.54, 1.807) is 25.1 Å². The topological polar surface area (TPSA) is 46.5 Å². The molecule has 0 amide bonds. The molecule has 0 unspecified atom stereocenters. The number of hydrogen-bond donors (Lipinski definition) is 1. The summed E-state index contributed by atoms with van der Waals surface area (Å²) in [5.74, 6) is -0.0342. The monoisotopic (exact) mass is 380 g/mol. The molecule has 0 saturated carbocycles. The molecule has 0 heterocycles. The number of rotatable bonds is 3. The van der Waals surface area contributed by atoms with E-state index in [0.29, 0.717) is 11.3 Å². The van der Waals surface area contributed by atoms with Crippen LogP contribution >= 0.6 is 0 Å². The van der Waals surface area contributed by atoms with Crippen LogP contribution < -0.4 is 0 Å². The van der Waals surface area contributed by atoms with Gasteiger partial charge in [-0.3, -0.25) is 0 Å².